The van der Waals surface area contributed by atoms with E-state index in [0.717, 1.165) is 18.5 Å². The predicted molar refractivity (Wildman–Crippen MR) is 79.4 cm³/mol. The molecule has 0 saturated heterocycles. The van der Waals surface area contributed by atoms with Crippen molar-refractivity contribution >= 4 is 23.0 Å². The number of hydrogen-bond donors (Lipinski definition) is 1. The van der Waals surface area contributed by atoms with Gasteiger partial charge in [-0.3, -0.25) is 10.1 Å². The van der Waals surface area contributed by atoms with Crippen molar-refractivity contribution < 1.29 is 4.92 Å². The van der Waals surface area contributed by atoms with Gasteiger partial charge in [-0.05, 0) is 30.0 Å². The summed E-state index contributed by atoms with van der Waals surface area (Å²) < 4.78 is 0. The van der Waals surface area contributed by atoms with Gasteiger partial charge < -0.3 is 5.32 Å². The van der Waals surface area contributed by atoms with Gasteiger partial charge in [0.2, 0.25) is 0 Å². The molecule has 3 rings (SSSR count). The van der Waals surface area contributed by atoms with Gasteiger partial charge in [0.25, 0.3) is 5.69 Å². The van der Waals surface area contributed by atoms with Gasteiger partial charge in [-0.25, -0.2) is 0 Å². The Hall–Kier alpha value is -2.07. The van der Waals surface area contributed by atoms with Gasteiger partial charge in [-0.2, -0.15) is 0 Å². The summed E-state index contributed by atoms with van der Waals surface area (Å²) in [5.41, 5.74) is 3.45. The van der Waals surface area contributed by atoms with Crippen molar-refractivity contribution in [1.29, 1.82) is 0 Å². The lowest BCUT2D eigenvalue weighted by Crippen LogP contribution is -2.19. The number of rotatable bonds is 3. The van der Waals surface area contributed by atoms with E-state index in [9.17, 15) is 10.1 Å². The summed E-state index contributed by atoms with van der Waals surface area (Å²) in [4.78, 5) is 10.2. The summed E-state index contributed by atoms with van der Waals surface area (Å²) in [5.74, 6) is 0. The second kappa shape index (κ2) is 5.13. The lowest BCUT2D eigenvalue weighted by molar-refractivity contribution is -0.384. The van der Waals surface area contributed by atoms with E-state index in [0.29, 0.717) is 5.02 Å². The van der Waals surface area contributed by atoms with Crippen LogP contribution in [0, 0.1) is 10.1 Å². The summed E-state index contributed by atoms with van der Waals surface area (Å²) >= 11 is 6.10. The standard InChI is InChI=1S/C15H13ClN2O2/c16-14-9-13(18(19)20)5-6-15(14)17-12-7-10-3-1-2-4-11(10)8-12/h1-6,9,12,17H,7-8H2. The minimum Gasteiger partial charge on any atom is -0.380 e. The predicted octanol–water partition coefficient (Wildman–Crippen LogP) is 3.83. The summed E-state index contributed by atoms with van der Waals surface area (Å²) in [5, 5.41) is 14.4. The smallest absolute Gasteiger partial charge is 0.271 e. The van der Waals surface area contributed by atoms with Crippen LogP contribution in [0.1, 0.15) is 11.1 Å². The Morgan fingerprint density at radius 3 is 2.35 bits per heavy atom. The van der Waals surface area contributed by atoms with E-state index in [4.69, 9.17) is 11.6 Å². The molecule has 102 valence electrons. The van der Waals surface area contributed by atoms with E-state index < -0.39 is 4.92 Å². The largest absolute Gasteiger partial charge is 0.380 e. The van der Waals surface area contributed by atoms with Crippen LogP contribution in [-0.4, -0.2) is 11.0 Å². The Bertz CT molecular complexity index is 648. The molecule has 0 spiro atoms. The van der Waals surface area contributed by atoms with Crippen LogP contribution in [0.5, 0.6) is 0 Å². The third-order valence-electron chi connectivity index (χ3n) is 3.57. The van der Waals surface area contributed by atoms with Crippen LogP contribution in [0.4, 0.5) is 11.4 Å². The molecule has 2 aromatic carbocycles. The molecular formula is C15H13ClN2O2. The quantitative estimate of drug-likeness (QED) is 0.690. The van der Waals surface area contributed by atoms with Gasteiger partial charge in [0, 0.05) is 18.2 Å². The molecule has 0 amide bonds. The molecule has 4 nitrogen and oxygen atoms in total. The van der Waals surface area contributed by atoms with Gasteiger partial charge in [0.15, 0.2) is 0 Å². The molecule has 1 N–H and O–H groups in total. The van der Waals surface area contributed by atoms with Gasteiger partial charge in [-0.15, -0.1) is 0 Å². The first kappa shape index (κ1) is 12.9. The molecule has 2 aromatic rings. The van der Waals surface area contributed by atoms with Gasteiger partial charge in [0.05, 0.1) is 15.6 Å². The molecule has 1 aliphatic carbocycles. The number of anilines is 1. The van der Waals surface area contributed by atoms with Crippen molar-refractivity contribution in [3.63, 3.8) is 0 Å². The molecule has 0 radical (unpaired) electrons. The Morgan fingerprint density at radius 2 is 1.80 bits per heavy atom. The molecule has 0 heterocycles. The number of nitrogens with one attached hydrogen (secondary N) is 1. The highest BCUT2D eigenvalue weighted by atomic mass is 35.5. The van der Waals surface area contributed by atoms with Crippen LogP contribution in [0.3, 0.4) is 0 Å². The fourth-order valence-corrected chi connectivity index (χ4v) is 2.84. The fourth-order valence-electron chi connectivity index (χ4n) is 2.62. The summed E-state index contributed by atoms with van der Waals surface area (Å²) in [6.45, 7) is 0. The minimum absolute atomic E-state index is 0.00950. The second-order valence-corrected chi connectivity index (χ2v) is 5.35. The molecule has 0 saturated carbocycles. The Balaban J connectivity index is 1.75. The molecule has 0 atom stereocenters. The fraction of sp³-hybridized carbons (Fsp3) is 0.200. The zero-order valence-corrected chi connectivity index (χ0v) is 11.4. The molecule has 0 fully saturated rings. The second-order valence-electron chi connectivity index (χ2n) is 4.94. The van der Waals surface area contributed by atoms with E-state index in [-0.39, 0.29) is 11.7 Å². The van der Waals surface area contributed by atoms with E-state index in [1.807, 2.05) is 12.1 Å². The number of hydrogen-bond acceptors (Lipinski definition) is 3. The van der Waals surface area contributed by atoms with Gasteiger partial charge in [0.1, 0.15) is 0 Å². The molecule has 0 aromatic heterocycles. The topological polar surface area (TPSA) is 55.2 Å². The number of nitro benzene ring substituents is 1. The van der Waals surface area contributed by atoms with Crippen LogP contribution >= 0.6 is 11.6 Å². The summed E-state index contributed by atoms with van der Waals surface area (Å²) in [6.07, 6.45) is 1.90. The van der Waals surface area contributed by atoms with Crippen molar-refractivity contribution in [1.82, 2.24) is 0 Å². The van der Waals surface area contributed by atoms with Crippen molar-refractivity contribution in [3.8, 4) is 0 Å². The van der Waals surface area contributed by atoms with Crippen LogP contribution in [0.25, 0.3) is 0 Å². The van der Waals surface area contributed by atoms with Crippen LogP contribution in [-0.2, 0) is 12.8 Å². The first-order chi connectivity index (χ1) is 9.63. The highest BCUT2D eigenvalue weighted by Gasteiger charge is 2.21. The molecular weight excluding hydrogens is 276 g/mol. The van der Waals surface area contributed by atoms with Gasteiger partial charge in [-0.1, -0.05) is 35.9 Å². The van der Waals surface area contributed by atoms with Crippen LogP contribution in [0.15, 0.2) is 42.5 Å². The lowest BCUT2D eigenvalue weighted by atomic mass is 10.1. The Labute approximate surface area is 121 Å². The first-order valence-electron chi connectivity index (χ1n) is 6.41. The number of nitro groups is 1. The average molecular weight is 289 g/mol. The summed E-state index contributed by atoms with van der Waals surface area (Å²) in [7, 11) is 0. The molecule has 1 aliphatic rings. The van der Waals surface area contributed by atoms with E-state index >= 15 is 0 Å². The number of halogens is 1. The molecule has 0 unspecified atom stereocenters. The van der Waals surface area contributed by atoms with Crippen molar-refractivity contribution in [2.45, 2.75) is 18.9 Å². The average Bonchev–Trinajstić information content (AvgIpc) is 2.83. The maximum Gasteiger partial charge on any atom is 0.271 e. The zero-order valence-electron chi connectivity index (χ0n) is 10.7. The van der Waals surface area contributed by atoms with E-state index in [1.165, 1.54) is 23.3 Å². The molecule has 0 aliphatic heterocycles. The maximum absolute atomic E-state index is 10.7. The normalized spacial score (nSPS) is 14.1. The minimum atomic E-state index is -0.443. The van der Waals surface area contributed by atoms with Crippen molar-refractivity contribution in [2.24, 2.45) is 0 Å². The third-order valence-corrected chi connectivity index (χ3v) is 3.89. The molecule has 5 heteroatoms. The highest BCUT2D eigenvalue weighted by Crippen LogP contribution is 2.30. The third kappa shape index (κ3) is 2.47. The van der Waals surface area contributed by atoms with Crippen LogP contribution < -0.4 is 5.32 Å². The number of non-ortho nitro benzene ring substituents is 1. The van der Waals surface area contributed by atoms with Crippen molar-refractivity contribution in [3.05, 3.63) is 68.7 Å². The zero-order chi connectivity index (χ0) is 14.1. The monoisotopic (exact) mass is 288 g/mol. The van der Waals surface area contributed by atoms with E-state index in [2.05, 4.69) is 17.4 Å². The van der Waals surface area contributed by atoms with Crippen LogP contribution in [0.2, 0.25) is 5.02 Å². The molecule has 0 bridgehead atoms. The lowest BCUT2D eigenvalue weighted by Gasteiger charge is -2.14. The number of nitrogens with zero attached hydrogens (tertiary/aromatic N) is 1. The highest BCUT2D eigenvalue weighted by molar-refractivity contribution is 6.33. The maximum atomic E-state index is 10.7. The Morgan fingerprint density at radius 1 is 1.15 bits per heavy atom. The Kier molecular flexibility index (Phi) is 3.32. The van der Waals surface area contributed by atoms with Gasteiger partial charge >= 0.3 is 0 Å². The number of benzene rings is 2. The first-order valence-corrected chi connectivity index (χ1v) is 6.78. The van der Waals surface area contributed by atoms with Crippen molar-refractivity contribution in [2.75, 3.05) is 5.32 Å². The number of fused-ring (bicyclic) bond motifs is 1. The van der Waals surface area contributed by atoms with E-state index in [1.54, 1.807) is 6.07 Å². The molecule has 20 heavy (non-hydrogen) atoms. The summed E-state index contributed by atoms with van der Waals surface area (Å²) in [6, 6.07) is 13.2. The SMILES string of the molecule is O=[N+]([O-])c1ccc(NC2Cc3ccccc3C2)c(Cl)c1.